The lowest BCUT2D eigenvalue weighted by atomic mass is 9.89. The second kappa shape index (κ2) is 8.27. The van der Waals surface area contributed by atoms with Crippen molar-refractivity contribution in [3.8, 4) is 0 Å². The Labute approximate surface area is 181 Å². The Morgan fingerprint density at radius 1 is 1.00 bits per heavy atom. The average Bonchev–Trinajstić information content (AvgIpc) is 2.86. The lowest BCUT2D eigenvalue weighted by molar-refractivity contribution is 0.00578. The summed E-state index contributed by atoms with van der Waals surface area (Å²) in [5, 5.41) is 0. The molecule has 3 rings (SSSR count). The molecule has 2 fully saturated rings. The minimum Gasteiger partial charge on any atom is -0.444 e. The number of anilines is 1. The Hall–Kier alpha value is -1.99. The number of rotatable bonds is 3. The first kappa shape index (κ1) is 22.7. The van der Waals surface area contributed by atoms with Gasteiger partial charge >= 0.3 is 13.2 Å². The van der Waals surface area contributed by atoms with Gasteiger partial charge in [0.15, 0.2) is 0 Å². The molecule has 0 bridgehead atoms. The SMILES string of the molecule is CC(C)(C)OC(=O)N1CCN(c2ccc(/C=C/B3OC(C)(C)C(C)(C)O3)cc2)CC1. The van der Waals surface area contributed by atoms with E-state index in [-0.39, 0.29) is 24.4 Å². The first-order valence-electron chi connectivity index (χ1n) is 10.7. The number of carbonyl (C=O) groups excluding carboxylic acids is 1. The fourth-order valence-corrected chi connectivity index (χ4v) is 3.43. The van der Waals surface area contributed by atoms with Gasteiger partial charge in [-0.25, -0.2) is 4.79 Å². The van der Waals surface area contributed by atoms with E-state index in [2.05, 4.69) is 56.9 Å². The number of piperazine rings is 1. The van der Waals surface area contributed by atoms with E-state index in [0.717, 1.165) is 24.3 Å². The van der Waals surface area contributed by atoms with Gasteiger partial charge in [-0.2, -0.15) is 0 Å². The summed E-state index contributed by atoms with van der Waals surface area (Å²) in [4.78, 5) is 16.3. The second-order valence-corrected chi connectivity index (χ2v) is 10.0. The van der Waals surface area contributed by atoms with Crippen LogP contribution in [0.2, 0.25) is 0 Å². The Morgan fingerprint density at radius 2 is 1.53 bits per heavy atom. The molecule has 7 heteroatoms. The molecule has 0 saturated carbocycles. The van der Waals surface area contributed by atoms with E-state index in [1.165, 1.54) is 0 Å². The van der Waals surface area contributed by atoms with Gasteiger partial charge in [-0.15, -0.1) is 0 Å². The quantitative estimate of drug-likeness (QED) is 0.687. The van der Waals surface area contributed by atoms with Gasteiger partial charge in [-0.05, 0) is 66.2 Å². The van der Waals surface area contributed by atoms with Crippen molar-refractivity contribution in [3.63, 3.8) is 0 Å². The Bertz CT molecular complexity index is 759. The van der Waals surface area contributed by atoms with Crippen molar-refractivity contribution in [3.05, 3.63) is 35.8 Å². The topological polar surface area (TPSA) is 51.2 Å². The minimum absolute atomic E-state index is 0.231. The number of nitrogens with zero attached hydrogens (tertiary/aromatic N) is 2. The van der Waals surface area contributed by atoms with Gasteiger partial charge < -0.3 is 23.8 Å². The first-order chi connectivity index (χ1) is 13.9. The summed E-state index contributed by atoms with van der Waals surface area (Å²) in [5.41, 5.74) is 1.14. The second-order valence-electron chi connectivity index (χ2n) is 10.0. The largest absolute Gasteiger partial charge is 0.487 e. The number of benzene rings is 1. The number of hydrogen-bond donors (Lipinski definition) is 0. The molecule has 0 radical (unpaired) electrons. The molecule has 2 aliphatic rings. The van der Waals surface area contributed by atoms with Gasteiger partial charge in [0.25, 0.3) is 0 Å². The van der Waals surface area contributed by atoms with Gasteiger partial charge in [0.2, 0.25) is 0 Å². The van der Waals surface area contributed by atoms with Gasteiger partial charge in [0, 0.05) is 31.9 Å². The Kier molecular flexibility index (Phi) is 6.26. The van der Waals surface area contributed by atoms with E-state index in [1.807, 2.05) is 32.8 Å². The molecule has 2 saturated heterocycles. The summed E-state index contributed by atoms with van der Waals surface area (Å²) >= 11 is 0. The van der Waals surface area contributed by atoms with Crippen molar-refractivity contribution in [1.29, 1.82) is 0 Å². The molecule has 0 aromatic heterocycles. The van der Waals surface area contributed by atoms with Crippen LogP contribution in [0.5, 0.6) is 0 Å². The maximum atomic E-state index is 12.2. The van der Waals surface area contributed by atoms with Crippen LogP contribution in [-0.4, -0.2) is 61.1 Å². The predicted octanol–water partition coefficient (Wildman–Crippen LogP) is 4.39. The fourth-order valence-electron chi connectivity index (χ4n) is 3.43. The van der Waals surface area contributed by atoms with E-state index in [9.17, 15) is 4.79 Å². The molecule has 0 atom stereocenters. The number of carbonyl (C=O) groups is 1. The highest BCUT2D eigenvalue weighted by atomic mass is 16.7. The number of amides is 1. The molecule has 0 unspecified atom stereocenters. The van der Waals surface area contributed by atoms with E-state index in [4.69, 9.17) is 14.0 Å². The minimum atomic E-state index is -0.461. The molecule has 2 heterocycles. The van der Waals surface area contributed by atoms with Crippen molar-refractivity contribution in [2.24, 2.45) is 0 Å². The zero-order valence-electron chi connectivity index (χ0n) is 19.4. The molecule has 0 aliphatic carbocycles. The molecule has 1 aromatic rings. The summed E-state index contributed by atoms with van der Waals surface area (Å²) in [7, 11) is -0.337. The molecule has 2 aliphatic heterocycles. The molecule has 0 N–H and O–H groups in total. The number of ether oxygens (including phenoxy) is 1. The van der Waals surface area contributed by atoms with Crippen molar-refractivity contribution in [1.82, 2.24) is 4.90 Å². The van der Waals surface area contributed by atoms with E-state index < -0.39 is 5.60 Å². The maximum absolute atomic E-state index is 12.2. The third-order valence-corrected chi connectivity index (χ3v) is 5.91. The number of hydrogen-bond acceptors (Lipinski definition) is 5. The molecule has 1 aromatic carbocycles. The summed E-state index contributed by atoms with van der Waals surface area (Å²) in [6, 6.07) is 8.43. The van der Waals surface area contributed by atoms with E-state index in [1.54, 1.807) is 4.90 Å². The van der Waals surface area contributed by atoms with Crippen LogP contribution < -0.4 is 4.90 Å². The average molecular weight is 414 g/mol. The molecular formula is C23H35BN2O4. The third kappa shape index (κ3) is 5.38. The monoisotopic (exact) mass is 414 g/mol. The van der Waals surface area contributed by atoms with Crippen LogP contribution in [-0.2, 0) is 14.0 Å². The molecule has 6 nitrogen and oxygen atoms in total. The van der Waals surface area contributed by atoms with Crippen molar-refractivity contribution >= 4 is 25.0 Å². The summed E-state index contributed by atoms with van der Waals surface area (Å²) in [6.07, 6.45) is 1.80. The highest BCUT2D eigenvalue weighted by Gasteiger charge is 2.50. The van der Waals surface area contributed by atoms with Crippen LogP contribution in [0.25, 0.3) is 6.08 Å². The van der Waals surface area contributed by atoms with Crippen molar-refractivity contribution < 1.29 is 18.8 Å². The molecule has 30 heavy (non-hydrogen) atoms. The third-order valence-electron chi connectivity index (χ3n) is 5.91. The zero-order chi connectivity index (χ0) is 22.2. The lowest BCUT2D eigenvalue weighted by Gasteiger charge is -2.36. The van der Waals surface area contributed by atoms with Crippen LogP contribution in [0.3, 0.4) is 0 Å². The zero-order valence-corrected chi connectivity index (χ0v) is 19.4. The maximum Gasteiger partial charge on any atom is 0.487 e. The highest BCUT2D eigenvalue weighted by molar-refractivity contribution is 6.52. The molecule has 0 spiro atoms. The van der Waals surface area contributed by atoms with Crippen LogP contribution in [0.4, 0.5) is 10.5 Å². The Balaban J connectivity index is 1.53. The van der Waals surface area contributed by atoms with Gasteiger partial charge in [0.05, 0.1) is 11.2 Å². The van der Waals surface area contributed by atoms with E-state index >= 15 is 0 Å². The fraction of sp³-hybridized carbons (Fsp3) is 0.609. The van der Waals surface area contributed by atoms with Crippen molar-refractivity contribution in [2.45, 2.75) is 65.3 Å². The van der Waals surface area contributed by atoms with Gasteiger partial charge in [-0.3, -0.25) is 0 Å². The normalized spacial score (nSPS) is 21.4. The summed E-state index contributed by atoms with van der Waals surface area (Å²) in [5.74, 6) is 1.96. The smallest absolute Gasteiger partial charge is 0.444 e. The van der Waals surface area contributed by atoms with Gasteiger partial charge in [0.1, 0.15) is 5.60 Å². The summed E-state index contributed by atoms with van der Waals surface area (Å²) < 4.78 is 17.5. The molecular weight excluding hydrogens is 379 g/mol. The van der Waals surface area contributed by atoms with Gasteiger partial charge in [-0.1, -0.05) is 24.2 Å². The standard InChI is InChI=1S/C23H35BN2O4/c1-21(2,3)28-20(27)26-16-14-25(15-17-26)19-10-8-18(9-11-19)12-13-24-29-22(4,5)23(6,7)30-24/h8-13H,14-17H2,1-7H3/b13-12+. The van der Waals surface area contributed by atoms with Crippen LogP contribution >= 0.6 is 0 Å². The van der Waals surface area contributed by atoms with Crippen LogP contribution in [0.1, 0.15) is 54.0 Å². The predicted molar refractivity (Wildman–Crippen MR) is 122 cm³/mol. The molecule has 1 amide bonds. The first-order valence-corrected chi connectivity index (χ1v) is 10.7. The van der Waals surface area contributed by atoms with Crippen LogP contribution in [0, 0.1) is 0 Å². The van der Waals surface area contributed by atoms with Crippen LogP contribution in [0.15, 0.2) is 30.2 Å². The lowest BCUT2D eigenvalue weighted by Crippen LogP contribution is -2.50. The van der Waals surface area contributed by atoms with Crippen molar-refractivity contribution in [2.75, 3.05) is 31.1 Å². The van der Waals surface area contributed by atoms with E-state index in [0.29, 0.717) is 13.1 Å². The Morgan fingerprint density at radius 3 is 2.03 bits per heavy atom. The summed E-state index contributed by atoms with van der Waals surface area (Å²) in [6.45, 7) is 16.8. The highest BCUT2D eigenvalue weighted by Crippen LogP contribution is 2.37. The molecule has 164 valence electrons.